The third-order valence-corrected chi connectivity index (χ3v) is 4.57. The van der Waals surface area contributed by atoms with Gasteiger partial charge in [0.05, 0.1) is 7.11 Å². The van der Waals surface area contributed by atoms with Gasteiger partial charge in [0, 0.05) is 30.7 Å². The lowest BCUT2D eigenvalue weighted by Crippen LogP contribution is -2.44. The van der Waals surface area contributed by atoms with Gasteiger partial charge in [-0.1, -0.05) is 13.0 Å². The van der Waals surface area contributed by atoms with Crippen molar-refractivity contribution >= 4 is 0 Å². The van der Waals surface area contributed by atoms with E-state index < -0.39 is 11.6 Å². The number of rotatable bonds is 5. The molecule has 2 rings (SSSR count). The van der Waals surface area contributed by atoms with Crippen LogP contribution in [0.3, 0.4) is 0 Å². The first kappa shape index (κ1) is 16.2. The van der Waals surface area contributed by atoms with Crippen LogP contribution in [-0.4, -0.2) is 36.8 Å². The van der Waals surface area contributed by atoms with Gasteiger partial charge in [-0.25, -0.2) is 4.39 Å². The predicted octanol–water partition coefficient (Wildman–Crippen LogP) is 2.96. The Balaban J connectivity index is 2.13. The number of nitrogens with zero attached hydrogens (tertiary/aromatic N) is 1. The SMILES string of the molecule is CCC1(CO)CCCN(Cc2ccc(OC)c(F)c2F)C1. The van der Waals surface area contributed by atoms with Crippen LogP contribution in [0.2, 0.25) is 0 Å². The summed E-state index contributed by atoms with van der Waals surface area (Å²) in [6.07, 6.45) is 2.84. The normalized spacial score (nSPS) is 23.3. The van der Waals surface area contributed by atoms with Gasteiger partial charge < -0.3 is 9.84 Å². The van der Waals surface area contributed by atoms with E-state index >= 15 is 0 Å². The fraction of sp³-hybridized carbons (Fsp3) is 0.625. The number of methoxy groups -OCH3 is 1. The van der Waals surface area contributed by atoms with E-state index in [0.717, 1.165) is 25.8 Å². The molecule has 1 fully saturated rings. The molecule has 118 valence electrons. The minimum atomic E-state index is -0.934. The average Bonchev–Trinajstić information content (AvgIpc) is 2.52. The molecule has 1 aliphatic rings. The van der Waals surface area contributed by atoms with Gasteiger partial charge in [0.15, 0.2) is 11.6 Å². The zero-order chi connectivity index (χ0) is 15.5. The van der Waals surface area contributed by atoms with Crippen molar-refractivity contribution in [1.82, 2.24) is 4.90 Å². The molecule has 3 nitrogen and oxygen atoms in total. The predicted molar refractivity (Wildman–Crippen MR) is 77.2 cm³/mol. The molecule has 1 heterocycles. The summed E-state index contributed by atoms with van der Waals surface area (Å²) in [5.41, 5.74) is 0.220. The third kappa shape index (κ3) is 3.35. The first-order chi connectivity index (χ1) is 10.0. The molecule has 0 saturated carbocycles. The molecule has 1 atom stereocenters. The quantitative estimate of drug-likeness (QED) is 0.907. The van der Waals surface area contributed by atoms with E-state index in [4.69, 9.17) is 4.74 Å². The van der Waals surface area contributed by atoms with Gasteiger partial charge in [0.1, 0.15) is 0 Å². The van der Waals surface area contributed by atoms with E-state index in [0.29, 0.717) is 18.7 Å². The van der Waals surface area contributed by atoms with Crippen LogP contribution >= 0.6 is 0 Å². The number of hydrogen-bond donors (Lipinski definition) is 1. The number of hydrogen-bond acceptors (Lipinski definition) is 3. The summed E-state index contributed by atoms with van der Waals surface area (Å²) in [4.78, 5) is 2.09. The molecule has 21 heavy (non-hydrogen) atoms. The molecular formula is C16H23F2NO2. The zero-order valence-corrected chi connectivity index (χ0v) is 12.7. The van der Waals surface area contributed by atoms with Crippen LogP contribution in [0.5, 0.6) is 5.75 Å². The molecule has 0 amide bonds. The lowest BCUT2D eigenvalue weighted by molar-refractivity contribution is 0.0253. The van der Waals surface area contributed by atoms with Crippen molar-refractivity contribution in [2.24, 2.45) is 5.41 Å². The molecule has 0 spiro atoms. The molecule has 1 N–H and O–H groups in total. The van der Waals surface area contributed by atoms with E-state index in [1.807, 2.05) is 0 Å². The van der Waals surface area contributed by atoms with Gasteiger partial charge >= 0.3 is 0 Å². The van der Waals surface area contributed by atoms with Crippen LogP contribution in [0, 0.1) is 17.0 Å². The van der Waals surface area contributed by atoms with E-state index in [9.17, 15) is 13.9 Å². The number of aliphatic hydroxyl groups excluding tert-OH is 1. The number of aliphatic hydroxyl groups is 1. The van der Waals surface area contributed by atoms with Crippen LogP contribution in [0.25, 0.3) is 0 Å². The summed E-state index contributed by atoms with van der Waals surface area (Å²) in [5.74, 6) is -1.85. The smallest absolute Gasteiger partial charge is 0.200 e. The van der Waals surface area contributed by atoms with Crippen molar-refractivity contribution in [3.05, 3.63) is 29.3 Å². The molecular weight excluding hydrogens is 276 g/mol. The maximum atomic E-state index is 14.0. The molecule has 0 aliphatic carbocycles. The number of likely N-dealkylation sites (tertiary alicyclic amines) is 1. The Morgan fingerprint density at radius 2 is 2.10 bits per heavy atom. The molecule has 0 radical (unpaired) electrons. The molecule has 5 heteroatoms. The number of halogens is 2. The summed E-state index contributed by atoms with van der Waals surface area (Å²) < 4.78 is 32.5. The van der Waals surface area contributed by atoms with Crippen molar-refractivity contribution in [2.75, 3.05) is 26.8 Å². The second-order valence-electron chi connectivity index (χ2n) is 5.88. The van der Waals surface area contributed by atoms with E-state index in [1.54, 1.807) is 6.07 Å². The molecule has 1 aromatic rings. The Hall–Kier alpha value is -1.20. The van der Waals surface area contributed by atoms with Crippen molar-refractivity contribution in [3.8, 4) is 5.75 Å². The molecule has 0 aromatic heterocycles. The fourth-order valence-electron chi connectivity index (χ4n) is 3.07. The maximum absolute atomic E-state index is 14.0. The van der Waals surface area contributed by atoms with Gasteiger partial charge in [-0.15, -0.1) is 0 Å². The third-order valence-electron chi connectivity index (χ3n) is 4.57. The van der Waals surface area contributed by atoms with Crippen LogP contribution in [-0.2, 0) is 6.54 Å². The van der Waals surface area contributed by atoms with Crippen molar-refractivity contribution in [2.45, 2.75) is 32.7 Å². The number of benzene rings is 1. The topological polar surface area (TPSA) is 32.7 Å². The molecule has 0 bridgehead atoms. The minimum Gasteiger partial charge on any atom is -0.494 e. The van der Waals surface area contributed by atoms with Gasteiger partial charge in [-0.2, -0.15) is 4.39 Å². The van der Waals surface area contributed by atoms with Gasteiger partial charge in [0.2, 0.25) is 5.82 Å². The summed E-state index contributed by atoms with van der Waals surface area (Å²) in [6, 6.07) is 3.02. The van der Waals surface area contributed by atoms with E-state index in [1.165, 1.54) is 13.2 Å². The second kappa shape index (κ2) is 6.71. The minimum absolute atomic E-state index is 0.0758. The molecule has 1 aliphatic heterocycles. The van der Waals surface area contributed by atoms with Crippen molar-refractivity contribution < 1.29 is 18.6 Å². The van der Waals surface area contributed by atoms with E-state index in [-0.39, 0.29) is 17.8 Å². The molecule has 1 unspecified atom stereocenters. The van der Waals surface area contributed by atoms with Crippen molar-refractivity contribution in [1.29, 1.82) is 0 Å². The average molecular weight is 299 g/mol. The summed E-state index contributed by atoms with van der Waals surface area (Å²) >= 11 is 0. The molecule has 1 aromatic carbocycles. The van der Waals surface area contributed by atoms with E-state index in [2.05, 4.69) is 11.8 Å². The summed E-state index contributed by atoms with van der Waals surface area (Å²) in [6.45, 7) is 4.11. The largest absolute Gasteiger partial charge is 0.494 e. The molecule has 1 saturated heterocycles. The highest BCUT2D eigenvalue weighted by atomic mass is 19.2. The van der Waals surface area contributed by atoms with Crippen LogP contribution in [0.1, 0.15) is 31.7 Å². The maximum Gasteiger partial charge on any atom is 0.200 e. The Morgan fingerprint density at radius 3 is 2.71 bits per heavy atom. The summed E-state index contributed by atoms with van der Waals surface area (Å²) in [7, 11) is 1.32. The van der Waals surface area contributed by atoms with Crippen LogP contribution < -0.4 is 4.74 Å². The first-order valence-electron chi connectivity index (χ1n) is 7.39. The second-order valence-corrected chi connectivity index (χ2v) is 5.88. The Morgan fingerprint density at radius 1 is 1.33 bits per heavy atom. The number of piperidine rings is 1. The van der Waals surface area contributed by atoms with Crippen molar-refractivity contribution in [3.63, 3.8) is 0 Å². The number of ether oxygens (including phenoxy) is 1. The highest BCUT2D eigenvalue weighted by molar-refractivity contribution is 5.31. The fourth-order valence-corrected chi connectivity index (χ4v) is 3.07. The highest BCUT2D eigenvalue weighted by Crippen LogP contribution is 2.34. The van der Waals surface area contributed by atoms with Gasteiger partial charge in [0.25, 0.3) is 0 Å². The Kier molecular flexibility index (Phi) is 5.17. The standard InChI is InChI=1S/C16H23F2NO2/c1-3-16(11-20)7-4-8-19(10-16)9-12-5-6-13(21-2)15(18)14(12)17/h5-6,20H,3-4,7-11H2,1-2H3. The van der Waals surface area contributed by atoms with Crippen LogP contribution in [0.15, 0.2) is 12.1 Å². The first-order valence-corrected chi connectivity index (χ1v) is 7.39. The lowest BCUT2D eigenvalue weighted by atomic mass is 9.78. The Labute approximate surface area is 124 Å². The zero-order valence-electron chi connectivity index (χ0n) is 12.7. The van der Waals surface area contributed by atoms with Crippen LogP contribution in [0.4, 0.5) is 8.78 Å². The summed E-state index contributed by atoms with van der Waals surface area (Å²) in [5, 5.41) is 9.62. The van der Waals surface area contributed by atoms with Gasteiger partial charge in [-0.3, -0.25) is 4.90 Å². The highest BCUT2D eigenvalue weighted by Gasteiger charge is 2.33. The lowest BCUT2D eigenvalue weighted by Gasteiger charge is -2.41. The monoisotopic (exact) mass is 299 g/mol. The Bertz CT molecular complexity index is 489. The van der Waals surface area contributed by atoms with Gasteiger partial charge in [-0.05, 0) is 31.9 Å².